The Bertz CT molecular complexity index is 735. The Morgan fingerprint density at radius 2 is 1.77 bits per heavy atom. The van der Waals surface area contributed by atoms with E-state index in [-0.39, 0.29) is 23.4 Å². The molecule has 0 saturated heterocycles. The molecule has 0 aliphatic heterocycles. The van der Waals surface area contributed by atoms with Crippen LogP contribution in [0.5, 0.6) is 5.75 Å². The van der Waals surface area contributed by atoms with Crippen molar-refractivity contribution in [1.82, 2.24) is 0 Å². The molecule has 5 nitrogen and oxygen atoms in total. The van der Waals surface area contributed by atoms with E-state index in [0.717, 1.165) is 5.69 Å². The number of guanidine groups is 1. The summed E-state index contributed by atoms with van der Waals surface area (Å²) in [7, 11) is 1.94. The SMILES string of the molecule is CC(CN=C(N)Nc1ccccc1OC(F)(F)F)N(C)c1ccccc1. The fraction of sp³-hybridized carbons (Fsp3) is 0.278. The van der Waals surface area contributed by atoms with Crippen LogP contribution in [-0.2, 0) is 0 Å². The molecule has 1 unspecified atom stereocenters. The van der Waals surface area contributed by atoms with Gasteiger partial charge in [-0.05, 0) is 31.2 Å². The van der Waals surface area contributed by atoms with Crippen LogP contribution in [0.4, 0.5) is 24.5 Å². The molecule has 0 amide bonds. The van der Waals surface area contributed by atoms with E-state index in [9.17, 15) is 13.2 Å². The normalized spacial score (nSPS) is 13.2. The Balaban J connectivity index is 2.00. The summed E-state index contributed by atoms with van der Waals surface area (Å²) in [5, 5.41) is 2.65. The number of hydrogen-bond acceptors (Lipinski definition) is 3. The molecule has 2 aromatic rings. The zero-order valence-corrected chi connectivity index (χ0v) is 14.5. The second-order valence-electron chi connectivity index (χ2n) is 5.69. The van der Waals surface area contributed by atoms with Crippen LogP contribution < -0.4 is 20.7 Å². The van der Waals surface area contributed by atoms with Crippen molar-refractivity contribution in [2.24, 2.45) is 10.7 Å². The smallest absolute Gasteiger partial charge is 0.404 e. The summed E-state index contributed by atoms with van der Waals surface area (Å²) in [4.78, 5) is 6.25. The summed E-state index contributed by atoms with van der Waals surface area (Å²) in [6.07, 6.45) is -4.78. The first-order valence-corrected chi connectivity index (χ1v) is 7.96. The van der Waals surface area contributed by atoms with Gasteiger partial charge in [0.25, 0.3) is 0 Å². The van der Waals surface area contributed by atoms with E-state index in [4.69, 9.17) is 5.73 Å². The van der Waals surface area contributed by atoms with E-state index < -0.39 is 6.36 Å². The molecule has 140 valence electrons. The molecule has 0 aromatic heterocycles. The van der Waals surface area contributed by atoms with Gasteiger partial charge in [0, 0.05) is 18.8 Å². The third kappa shape index (κ3) is 5.87. The fourth-order valence-electron chi connectivity index (χ4n) is 2.23. The molecule has 0 bridgehead atoms. The second kappa shape index (κ2) is 8.46. The molecule has 8 heteroatoms. The van der Waals surface area contributed by atoms with Gasteiger partial charge in [0.05, 0.1) is 12.2 Å². The number of benzene rings is 2. The van der Waals surface area contributed by atoms with Crippen LogP contribution in [0.3, 0.4) is 0 Å². The van der Waals surface area contributed by atoms with Crippen LogP contribution in [0.25, 0.3) is 0 Å². The number of likely N-dealkylation sites (N-methyl/N-ethyl adjacent to an activating group) is 1. The quantitative estimate of drug-likeness (QED) is 0.602. The molecule has 26 heavy (non-hydrogen) atoms. The Labute approximate surface area is 150 Å². The van der Waals surface area contributed by atoms with Crippen molar-refractivity contribution in [3.05, 3.63) is 54.6 Å². The Morgan fingerprint density at radius 1 is 1.15 bits per heavy atom. The average molecular weight is 366 g/mol. The predicted octanol–water partition coefficient (Wildman–Crippen LogP) is 3.84. The number of halogens is 3. The fourth-order valence-corrected chi connectivity index (χ4v) is 2.23. The molecule has 1 atom stereocenters. The lowest BCUT2D eigenvalue weighted by molar-refractivity contribution is -0.274. The highest BCUT2D eigenvalue weighted by Gasteiger charge is 2.32. The molecule has 2 rings (SSSR count). The average Bonchev–Trinajstić information content (AvgIpc) is 2.60. The summed E-state index contributed by atoms with van der Waals surface area (Å²) in [5.74, 6) is -0.357. The third-order valence-electron chi connectivity index (χ3n) is 3.73. The molecule has 0 heterocycles. The molecular weight excluding hydrogens is 345 g/mol. The van der Waals surface area contributed by atoms with Crippen molar-refractivity contribution in [1.29, 1.82) is 0 Å². The lowest BCUT2D eigenvalue weighted by Gasteiger charge is -2.25. The first kappa shape index (κ1) is 19.4. The Hall–Kier alpha value is -2.90. The van der Waals surface area contributed by atoms with Gasteiger partial charge in [0.1, 0.15) is 0 Å². The zero-order chi connectivity index (χ0) is 19.2. The molecule has 3 N–H and O–H groups in total. The standard InChI is InChI=1S/C18H21F3N4O/c1-13(25(2)14-8-4-3-5-9-14)12-23-17(22)24-15-10-6-7-11-16(15)26-18(19,20)21/h3-11,13H,12H2,1-2H3,(H3,22,23,24). The topological polar surface area (TPSA) is 62.9 Å². The van der Waals surface area contributed by atoms with Crippen molar-refractivity contribution >= 4 is 17.3 Å². The van der Waals surface area contributed by atoms with Gasteiger partial charge < -0.3 is 20.7 Å². The monoisotopic (exact) mass is 366 g/mol. The Kier molecular flexibility index (Phi) is 6.32. The zero-order valence-electron chi connectivity index (χ0n) is 14.5. The first-order valence-electron chi connectivity index (χ1n) is 7.96. The van der Waals surface area contributed by atoms with Gasteiger partial charge in [0.15, 0.2) is 11.7 Å². The number of nitrogens with two attached hydrogens (primary N) is 1. The van der Waals surface area contributed by atoms with Crippen LogP contribution >= 0.6 is 0 Å². The van der Waals surface area contributed by atoms with E-state index in [1.807, 2.05) is 49.2 Å². The van der Waals surface area contributed by atoms with Crippen LogP contribution in [0.1, 0.15) is 6.92 Å². The third-order valence-corrected chi connectivity index (χ3v) is 3.73. The molecule has 0 aliphatic rings. The highest BCUT2D eigenvalue weighted by Crippen LogP contribution is 2.29. The number of aliphatic imine (C=N–C) groups is 1. The first-order chi connectivity index (χ1) is 12.3. The van der Waals surface area contributed by atoms with Crippen molar-refractivity contribution in [2.45, 2.75) is 19.3 Å². The minimum Gasteiger partial charge on any atom is -0.404 e. The lowest BCUT2D eigenvalue weighted by Crippen LogP contribution is -2.33. The number of para-hydroxylation sites is 3. The van der Waals surface area contributed by atoms with Crippen molar-refractivity contribution in [3.8, 4) is 5.75 Å². The summed E-state index contributed by atoms with van der Waals surface area (Å²) < 4.78 is 41.3. The second-order valence-corrected chi connectivity index (χ2v) is 5.69. The van der Waals surface area contributed by atoms with Gasteiger partial charge in [-0.1, -0.05) is 30.3 Å². The minimum absolute atomic E-state index is 0.0107. The largest absolute Gasteiger partial charge is 0.573 e. The summed E-state index contributed by atoms with van der Waals surface area (Å²) in [5.41, 5.74) is 6.93. The molecule has 0 aliphatic carbocycles. The molecule has 0 spiro atoms. The molecule has 0 fully saturated rings. The molecule has 0 radical (unpaired) electrons. The van der Waals surface area contributed by atoms with E-state index in [2.05, 4.69) is 15.0 Å². The predicted molar refractivity (Wildman–Crippen MR) is 97.5 cm³/mol. The number of ether oxygens (including phenoxy) is 1. The summed E-state index contributed by atoms with van der Waals surface area (Å²) >= 11 is 0. The number of anilines is 2. The maximum atomic E-state index is 12.4. The van der Waals surface area contributed by atoms with Gasteiger partial charge in [-0.25, -0.2) is 0 Å². The number of alkyl halides is 3. The Morgan fingerprint density at radius 3 is 2.42 bits per heavy atom. The molecular formula is C18H21F3N4O. The number of nitrogens with zero attached hydrogens (tertiary/aromatic N) is 2. The maximum absolute atomic E-state index is 12.4. The highest BCUT2D eigenvalue weighted by atomic mass is 19.4. The van der Waals surface area contributed by atoms with Gasteiger partial charge in [-0.15, -0.1) is 13.2 Å². The molecule has 2 aromatic carbocycles. The number of hydrogen-bond donors (Lipinski definition) is 2. The van der Waals surface area contributed by atoms with Gasteiger partial charge in [0.2, 0.25) is 0 Å². The lowest BCUT2D eigenvalue weighted by atomic mass is 10.2. The highest BCUT2D eigenvalue weighted by molar-refractivity contribution is 5.93. The summed E-state index contributed by atoms with van der Waals surface area (Å²) in [6.45, 7) is 2.34. The van der Waals surface area contributed by atoms with Crippen LogP contribution in [-0.4, -0.2) is 32.0 Å². The van der Waals surface area contributed by atoms with Gasteiger partial charge in [-0.3, -0.25) is 4.99 Å². The van der Waals surface area contributed by atoms with Crippen LogP contribution in [0, 0.1) is 0 Å². The van der Waals surface area contributed by atoms with E-state index in [1.54, 1.807) is 6.07 Å². The van der Waals surface area contributed by atoms with Crippen molar-refractivity contribution in [2.75, 3.05) is 23.8 Å². The van der Waals surface area contributed by atoms with E-state index >= 15 is 0 Å². The number of nitrogens with one attached hydrogen (secondary N) is 1. The van der Waals surface area contributed by atoms with Crippen molar-refractivity contribution < 1.29 is 17.9 Å². The van der Waals surface area contributed by atoms with Crippen molar-refractivity contribution in [3.63, 3.8) is 0 Å². The van der Waals surface area contributed by atoms with Gasteiger partial charge >= 0.3 is 6.36 Å². The van der Waals surface area contributed by atoms with Crippen LogP contribution in [0.15, 0.2) is 59.6 Å². The van der Waals surface area contributed by atoms with E-state index in [0.29, 0.717) is 6.54 Å². The summed E-state index contributed by atoms with van der Waals surface area (Å²) in [6, 6.07) is 15.5. The number of rotatable bonds is 6. The van der Waals surface area contributed by atoms with Crippen LogP contribution in [0.2, 0.25) is 0 Å². The van der Waals surface area contributed by atoms with Gasteiger partial charge in [-0.2, -0.15) is 0 Å². The maximum Gasteiger partial charge on any atom is 0.573 e. The minimum atomic E-state index is -4.78. The molecule has 0 saturated carbocycles. The van der Waals surface area contributed by atoms with E-state index in [1.165, 1.54) is 18.2 Å².